The highest BCUT2D eigenvalue weighted by molar-refractivity contribution is 6.09. The molecule has 4 aromatic rings. The molecule has 4 rings (SSSR count). The second-order valence-corrected chi connectivity index (χ2v) is 5.52. The molecule has 1 heterocycles. The molecule has 0 aliphatic heterocycles. The SMILES string of the molecule is CC(=O)Oc1cc2c(=O)[nH]n(-c3ccccc3)c2c2ccccc12. The van der Waals surface area contributed by atoms with Gasteiger partial charge < -0.3 is 4.74 Å². The van der Waals surface area contributed by atoms with Gasteiger partial charge in [0.05, 0.1) is 16.6 Å². The summed E-state index contributed by atoms with van der Waals surface area (Å²) in [6.45, 7) is 1.35. The van der Waals surface area contributed by atoms with E-state index in [1.165, 1.54) is 6.92 Å². The number of nitrogens with zero attached hydrogens (tertiary/aromatic N) is 1. The molecule has 0 amide bonds. The van der Waals surface area contributed by atoms with Gasteiger partial charge in [0, 0.05) is 17.7 Å². The average Bonchev–Trinajstić information content (AvgIpc) is 2.92. The van der Waals surface area contributed by atoms with Gasteiger partial charge in [-0.1, -0.05) is 42.5 Å². The molecule has 0 fully saturated rings. The number of carbonyl (C=O) groups excluding carboxylic acids is 1. The number of hydrogen-bond donors (Lipinski definition) is 1. The van der Waals surface area contributed by atoms with E-state index in [0.29, 0.717) is 11.1 Å². The third-order valence-corrected chi connectivity index (χ3v) is 3.93. The number of nitrogens with one attached hydrogen (secondary N) is 1. The van der Waals surface area contributed by atoms with Crippen LogP contribution in [0, 0.1) is 0 Å². The molecule has 5 nitrogen and oxygen atoms in total. The van der Waals surface area contributed by atoms with Crippen LogP contribution >= 0.6 is 0 Å². The second-order valence-electron chi connectivity index (χ2n) is 5.52. The Morgan fingerprint density at radius 2 is 1.62 bits per heavy atom. The van der Waals surface area contributed by atoms with Gasteiger partial charge >= 0.3 is 5.97 Å². The van der Waals surface area contributed by atoms with Crippen molar-refractivity contribution in [3.8, 4) is 11.4 Å². The summed E-state index contributed by atoms with van der Waals surface area (Å²) in [4.78, 5) is 23.8. The smallest absolute Gasteiger partial charge is 0.308 e. The van der Waals surface area contributed by atoms with Gasteiger partial charge in [0.15, 0.2) is 0 Å². The Hall–Kier alpha value is -3.34. The lowest BCUT2D eigenvalue weighted by atomic mass is 10.1. The zero-order valence-electron chi connectivity index (χ0n) is 12.9. The Labute approximate surface area is 137 Å². The van der Waals surface area contributed by atoms with Crippen LogP contribution in [0.5, 0.6) is 5.75 Å². The summed E-state index contributed by atoms with van der Waals surface area (Å²) in [6.07, 6.45) is 0. The first-order valence-electron chi connectivity index (χ1n) is 7.55. The number of fused-ring (bicyclic) bond motifs is 3. The lowest BCUT2D eigenvalue weighted by Gasteiger charge is -2.10. The Bertz CT molecular complexity index is 1120. The lowest BCUT2D eigenvalue weighted by Crippen LogP contribution is -2.04. The molecule has 0 radical (unpaired) electrons. The molecule has 0 saturated heterocycles. The summed E-state index contributed by atoms with van der Waals surface area (Å²) in [7, 11) is 0. The first kappa shape index (κ1) is 14.3. The quantitative estimate of drug-likeness (QED) is 0.455. The van der Waals surface area contributed by atoms with Crippen LogP contribution in [0.2, 0.25) is 0 Å². The van der Waals surface area contributed by atoms with Gasteiger partial charge in [0.25, 0.3) is 5.56 Å². The summed E-state index contributed by atoms with van der Waals surface area (Å²) < 4.78 is 7.07. The molecule has 24 heavy (non-hydrogen) atoms. The Morgan fingerprint density at radius 3 is 2.33 bits per heavy atom. The number of H-pyrrole nitrogens is 1. The average molecular weight is 318 g/mol. The number of esters is 1. The molecule has 0 atom stereocenters. The van der Waals surface area contributed by atoms with E-state index >= 15 is 0 Å². The molecular weight excluding hydrogens is 304 g/mol. The minimum absolute atomic E-state index is 0.229. The van der Waals surface area contributed by atoms with Crippen molar-refractivity contribution < 1.29 is 9.53 Å². The summed E-state index contributed by atoms with van der Waals surface area (Å²) in [6, 6.07) is 18.8. The Balaban J connectivity index is 2.15. The van der Waals surface area contributed by atoms with E-state index in [9.17, 15) is 9.59 Å². The number of rotatable bonds is 2. The molecule has 0 aliphatic rings. The van der Waals surface area contributed by atoms with Crippen molar-refractivity contribution in [1.29, 1.82) is 0 Å². The summed E-state index contributed by atoms with van der Waals surface area (Å²) >= 11 is 0. The number of aromatic nitrogens is 2. The molecule has 1 N–H and O–H groups in total. The molecule has 0 unspecified atom stereocenters. The third kappa shape index (κ3) is 2.18. The van der Waals surface area contributed by atoms with E-state index in [4.69, 9.17) is 4.74 Å². The molecule has 5 heteroatoms. The summed E-state index contributed by atoms with van der Waals surface area (Å²) in [5.41, 5.74) is 1.39. The fraction of sp³-hybridized carbons (Fsp3) is 0.0526. The van der Waals surface area contributed by atoms with Crippen molar-refractivity contribution in [2.75, 3.05) is 0 Å². The minimum Gasteiger partial charge on any atom is -0.426 e. The molecule has 0 saturated carbocycles. The van der Waals surface area contributed by atoms with Crippen LogP contribution in [0.4, 0.5) is 0 Å². The minimum atomic E-state index is -0.418. The van der Waals surface area contributed by atoms with Gasteiger partial charge in [-0.05, 0) is 18.2 Å². The topological polar surface area (TPSA) is 64.1 Å². The maximum absolute atomic E-state index is 12.4. The second kappa shape index (κ2) is 5.38. The van der Waals surface area contributed by atoms with E-state index in [1.807, 2.05) is 54.6 Å². The number of carbonyl (C=O) groups is 1. The van der Waals surface area contributed by atoms with Crippen molar-refractivity contribution >= 4 is 27.6 Å². The van der Waals surface area contributed by atoms with Gasteiger partial charge in [-0.2, -0.15) is 0 Å². The van der Waals surface area contributed by atoms with Crippen LogP contribution in [-0.2, 0) is 4.79 Å². The molecule has 3 aromatic carbocycles. The van der Waals surface area contributed by atoms with Crippen molar-refractivity contribution in [3.63, 3.8) is 0 Å². The van der Waals surface area contributed by atoms with Crippen molar-refractivity contribution in [1.82, 2.24) is 9.78 Å². The normalized spacial score (nSPS) is 11.0. The van der Waals surface area contributed by atoms with E-state index in [-0.39, 0.29) is 5.56 Å². The van der Waals surface area contributed by atoms with Gasteiger partial charge in [-0.25, -0.2) is 0 Å². The van der Waals surface area contributed by atoms with E-state index in [1.54, 1.807) is 10.7 Å². The van der Waals surface area contributed by atoms with Crippen LogP contribution in [0.1, 0.15) is 6.92 Å². The molecule has 0 spiro atoms. The lowest BCUT2D eigenvalue weighted by molar-refractivity contribution is -0.131. The predicted molar refractivity (Wildman–Crippen MR) is 92.7 cm³/mol. The van der Waals surface area contributed by atoms with E-state index < -0.39 is 5.97 Å². The number of benzene rings is 3. The van der Waals surface area contributed by atoms with Crippen molar-refractivity contribution in [2.24, 2.45) is 0 Å². The van der Waals surface area contributed by atoms with Crippen LogP contribution in [-0.4, -0.2) is 15.7 Å². The van der Waals surface area contributed by atoms with E-state index in [2.05, 4.69) is 5.10 Å². The fourth-order valence-corrected chi connectivity index (χ4v) is 2.97. The first-order chi connectivity index (χ1) is 11.6. The number of ether oxygens (including phenoxy) is 1. The van der Waals surface area contributed by atoms with Crippen molar-refractivity contribution in [2.45, 2.75) is 6.92 Å². The maximum atomic E-state index is 12.4. The highest BCUT2D eigenvalue weighted by atomic mass is 16.5. The van der Waals surface area contributed by atoms with E-state index in [0.717, 1.165) is 22.0 Å². The molecule has 0 aliphatic carbocycles. The summed E-state index contributed by atoms with van der Waals surface area (Å²) in [5.74, 6) is -0.0275. The Kier molecular flexibility index (Phi) is 3.20. The van der Waals surface area contributed by atoms with Crippen LogP contribution in [0.3, 0.4) is 0 Å². The molecule has 1 aromatic heterocycles. The number of hydrogen-bond acceptors (Lipinski definition) is 3. The zero-order chi connectivity index (χ0) is 16.7. The van der Waals surface area contributed by atoms with Gasteiger partial charge in [0.2, 0.25) is 0 Å². The van der Waals surface area contributed by atoms with Gasteiger partial charge in [-0.15, -0.1) is 0 Å². The molecule has 118 valence electrons. The fourth-order valence-electron chi connectivity index (χ4n) is 2.97. The number of aromatic amines is 1. The standard InChI is InChI=1S/C19H14N2O3/c1-12(22)24-17-11-16-18(15-10-6-5-9-14(15)17)21(20-19(16)23)13-7-3-2-4-8-13/h2-11H,1H3,(H,20,23). The van der Waals surface area contributed by atoms with Crippen LogP contribution < -0.4 is 10.3 Å². The zero-order valence-corrected chi connectivity index (χ0v) is 12.9. The van der Waals surface area contributed by atoms with Gasteiger partial charge in [-0.3, -0.25) is 19.4 Å². The Morgan fingerprint density at radius 1 is 0.958 bits per heavy atom. The van der Waals surface area contributed by atoms with Crippen molar-refractivity contribution in [3.05, 3.63) is 71.0 Å². The number of para-hydroxylation sites is 1. The maximum Gasteiger partial charge on any atom is 0.308 e. The molecular formula is C19H14N2O3. The largest absolute Gasteiger partial charge is 0.426 e. The highest BCUT2D eigenvalue weighted by Gasteiger charge is 2.16. The molecule has 0 bridgehead atoms. The third-order valence-electron chi connectivity index (χ3n) is 3.93. The van der Waals surface area contributed by atoms with Gasteiger partial charge in [0.1, 0.15) is 5.75 Å². The summed E-state index contributed by atoms with van der Waals surface area (Å²) in [5, 5.41) is 4.97. The van der Waals surface area contributed by atoms with Crippen LogP contribution in [0.25, 0.3) is 27.4 Å². The van der Waals surface area contributed by atoms with Crippen LogP contribution in [0.15, 0.2) is 65.5 Å². The highest BCUT2D eigenvalue weighted by Crippen LogP contribution is 2.33. The first-order valence-corrected chi connectivity index (χ1v) is 7.55. The predicted octanol–water partition coefficient (Wildman–Crippen LogP) is 3.40. The monoisotopic (exact) mass is 318 g/mol.